The normalized spacial score (nSPS) is 15.7. The number of carbonyl (C=O) groups is 1. The van der Waals surface area contributed by atoms with Crippen molar-refractivity contribution >= 4 is 5.91 Å². The van der Waals surface area contributed by atoms with Gasteiger partial charge >= 0.3 is 0 Å². The van der Waals surface area contributed by atoms with Gasteiger partial charge in [-0.3, -0.25) is 9.69 Å². The molecule has 1 saturated heterocycles. The van der Waals surface area contributed by atoms with E-state index in [-0.39, 0.29) is 17.2 Å². The van der Waals surface area contributed by atoms with E-state index in [2.05, 4.69) is 6.07 Å². The van der Waals surface area contributed by atoms with E-state index in [0.29, 0.717) is 38.5 Å². The minimum absolute atomic E-state index is 0.0461. The molecule has 0 aromatic heterocycles. The van der Waals surface area contributed by atoms with Crippen molar-refractivity contribution in [3.63, 3.8) is 0 Å². The molecule has 2 rings (SSSR count). The van der Waals surface area contributed by atoms with Crippen molar-refractivity contribution in [2.45, 2.75) is 0 Å². The highest BCUT2D eigenvalue weighted by atomic mass is 16.5. The number of hydrogen-bond donors (Lipinski definition) is 1. The predicted octanol–water partition coefficient (Wildman–Crippen LogP) is 0.682. The van der Waals surface area contributed by atoms with Crippen molar-refractivity contribution in [1.29, 1.82) is 5.26 Å². The van der Waals surface area contributed by atoms with Gasteiger partial charge in [0.05, 0.1) is 25.3 Å². The van der Waals surface area contributed by atoms with Gasteiger partial charge in [-0.05, 0) is 18.2 Å². The van der Waals surface area contributed by atoms with Crippen molar-refractivity contribution in [3.05, 3.63) is 23.8 Å². The third kappa shape index (κ3) is 3.00. The maximum absolute atomic E-state index is 12.4. The molecule has 0 atom stereocenters. The Morgan fingerprint density at radius 3 is 2.70 bits per heavy atom. The highest BCUT2D eigenvalue weighted by Crippen LogP contribution is 2.24. The molecule has 0 aliphatic carbocycles. The van der Waals surface area contributed by atoms with Gasteiger partial charge in [0.15, 0.2) is 0 Å². The Morgan fingerprint density at radius 2 is 2.10 bits per heavy atom. The molecule has 0 bridgehead atoms. The molecule has 1 aliphatic rings. The molecule has 1 amide bonds. The van der Waals surface area contributed by atoms with Crippen molar-refractivity contribution in [2.75, 3.05) is 39.8 Å². The summed E-state index contributed by atoms with van der Waals surface area (Å²) in [4.78, 5) is 16.1. The number of ether oxygens (including phenoxy) is 1. The van der Waals surface area contributed by atoms with Crippen LogP contribution in [-0.4, -0.2) is 60.6 Å². The van der Waals surface area contributed by atoms with Crippen LogP contribution in [0.3, 0.4) is 0 Å². The van der Waals surface area contributed by atoms with E-state index in [1.165, 1.54) is 13.2 Å². The molecule has 106 valence electrons. The maximum Gasteiger partial charge on any atom is 0.257 e. The third-order valence-corrected chi connectivity index (χ3v) is 3.39. The van der Waals surface area contributed by atoms with Crippen LogP contribution in [0.15, 0.2) is 18.2 Å². The van der Waals surface area contributed by atoms with Gasteiger partial charge in [0.25, 0.3) is 5.91 Å². The second kappa shape index (κ2) is 6.26. The zero-order chi connectivity index (χ0) is 14.5. The Hall–Kier alpha value is -2.26. The summed E-state index contributed by atoms with van der Waals surface area (Å²) < 4.78 is 5.07. The highest BCUT2D eigenvalue weighted by molar-refractivity contribution is 5.97. The summed E-state index contributed by atoms with van der Waals surface area (Å²) in [6.07, 6.45) is 0. The van der Waals surface area contributed by atoms with E-state index in [9.17, 15) is 9.90 Å². The fourth-order valence-electron chi connectivity index (χ4n) is 2.19. The number of nitriles is 1. The lowest BCUT2D eigenvalue weighted by molar-refractivity contribution is 0.0648. The summed E-state index contributed by atoms with van der Waals surface area (Å²) in [6, 6.07) is 6.71. The number of benzene rings is 1. The number of methoxy groups -OCH3 is 1. The molecule has 1 N–H and O–H groups in total. The van der Waals surface area contributed by atoms with Crippen LogP contribution in [0.1, 0.15) is 10.4 Å². The monoisotopic (exact) mass is 275 g/mol. The molecule has 1 aromatic rings. The summed E-state index contributed by atoms with van der Waals surface area (Å²) in [5.41, 5.74) is 0.248. The lowest BCUT2D eigenvalue weighted by Crippen LogP contribution is -2.48. The van der Waals surface area contributed by atoms with Crippen LogP contribution in [-0.2, 0) is 0 Å². The van der Waals surface area contributed by atoms with Crippen molar-refractivity contribution in [2.24, 2.45) is 0 Å². The van der Waals surface area contributed by atoms with Gasteiger partial charge in [-0.15, -0.1) is 0 Å². The average molecular weight is 275 g/mol. The van der Waals surface area contributed by atoms with Gasteiger partial charge in [0.1, 0.15) is 11.5 Å². The third-order valence-electron chi connectivity index (χ3n) is 3.39. The van der Waals surface area contributed by atoms with Crippen LogP contribution in [0.4, 0.5) is 0 Å². The number of rotatable bonds is 3. The lowest BCUT2D eigenvalue weighted by atomic mass is 10.1. The Bertz CT molecular complexity index is 531. The first-order valence-electron chi connectivity index (χ1n) is 6.41. The fourth-order valence-corrected chi connectivity index (χ4v) is 2.19. The van der Waals surface area contributed by atoms with Gasteiger partial charge in [-0.2, -0.15) is 5.26 Å². The van der Waals surface area contributed by atoms with Crippen LogP contribution in [0.5, 0.6) is 11.5 Å². The Balaban J connectivity index is 2.07. The van der Waals surface area contributed by atoms with E-state index in [0.717, 1.165) is 0 Å². The van der Waals surface area contributed by atoms with Gasteiger partial charge in [0.2, 0.25) is 0 Å². The average Bonchev–Trinajstić information content (AvgIpc) is 2.48. The summed E-state index contributed by atoms with van der Waals surface area (Å²) >= 11 is 0. The van der Waals surface area contributed by atoms with Gasteiger partial charge < -0.3 is 14.7 Å². The molecule has 6 heteroatoms. The van der Waals surface area contributed by atoms with Crippen LogP contribution >= 0.6 is 0 Å². The minimum atomic E-state index is -0.210. The first-order chi connectivity index (χ1) is 9.65. The van der Waals surface area contributed by atoms with Crippen LogP contribution in [0, 0.1) is 11.3 Å². The number of amides is 1. The van der Waals surface area contributed by atoms with Gasteiger partial charge in [-0.25, -0.2) is 0 Å². The van der Waals surface area contributed by atoms with Crippen molar-refractivity contribution < 1.29 is 14.6 Å². The molecule has 20 heavy (non-hydrogen) atoms. The first kappa shape index (κ1) is 14.2. The van der Waals surface area contributed by atoms with E-state index in [4.69, 9.17) is 10.00 Å². The molecule has 1 heterocycles. The second-order valence-corrected chi connectivity index (χ2v) is 4.61. The Labute approximate surface area is 117 Å². The second-order valence-electron chi connectivity index (χ2n) is 4.61. The fraction of sp³-hybridized carbons (Fsp3) is 0.429. The number of phenols is 1. The first-order valence-corrected chi connectivity index (χ1v) is 6.41. The smallest absolute Gasteiger partial charge is 0.257 e. The Morgan fingerprint density at radius 1 is 1.40 bits per heavy atom. The van der Waals surface area contributed by atoms with Crippen molar-refractivity contribution in [1.82, 2.24) is 9.80 Å². The zero-order valence-electron chi connectivity index (χ0n) is 11.4. The standard InChI is InChI=1S/C14H17N3O3/c1-20-11-2-3-13(18)12(10-11)14(19)17-8-6-16(5-4-15)7-9-17/h2-3,10,18H,5-9H2,1H3. The number of piperazine rings is 1. The van der Waals surface area contributed by atoms with E-state index >= 15 is 0 Å². The van der Waals surface area contributed by atoms with E-state index < -0.39 is 0 Å². The molecule has 1 fully saturated rings. The van der Waals surface area contributed by atoms with Crippen LogP contribution < -0.4 is 4.74 Å². The number of aromatic hydroxyl groups is 1. The molecular weight excluding hydrogens is 258 g/mol. The minimum Gasteiger partial charge on any atom is -0.507 e. The highest BCUT2D eigenvalue weighted by Gasteiger charge is 2.24. The number of phenolic OH excluding ortho intramolecular Hbond substituents is 1. The SMILES string of the molecule is COc1ccc(O)c(C(=O)N2CCN(CC#N)CC2)c1. The largest absolute Gasteiger partial charge is 0.507 e. The summed E-state index contributed by atoms with van der Waals surface area (Å²) in [5, 5.41) is 18.5. The van der Waals surface area contributed by atoms with Crippen LogP contribution in [0.25, 0.3) is 0 Å². The Kier molecular flexibility index (Phi) is 4.43. The zero-order valence-corrected chi connectivity index (χ0v) is 11.4. The molecule has 1 aromatic carbocycles. The summed E-state index contributed by atoms with van der Waals surface area (Å²) in [5.74, 6) is 0.280. The summed E-state index contributed by atoms with van der Waals surface area (Å²) in [6.45, 7) is 2.83. The lowest BCUT2D eigenvalue weighted by Gasteiger charge is -2.33. The molecule has 0 unspecified atom stereocenters. The number of nitrogens with zero attached hydrogens (tertiary/aromatic N) is 3. The van der Waals surface area contributed by atoms with E-state index in [1.54, 1.807) is 17.0 Å². The molecule has 6 nitrogen and oxygen atoms in total. The summed E-state index contributed by atoms with van der Waals surface area (Å²) in [7, 11) is 1.52. The maximum atomic E-state index is 12.4. The quantitative estimate of drug-likeness (QED) is 0.821. The van der Waals surface area contributed by atoms with Gasteiger partial charge in [-0.1, -0.05) is 0 Å². The molecule has 0 spiro atoms. The number of carbonyl (C=O) groups excluding carboxylic acids is 1. The van der Waals surface area contributed by atoms with Gasteiger partial charge in [0, 0.05) is 26.2 Å². The molecule has 0 saturated carbocycles. The molecule has 1 aliphatic heterocycles. The topological polar surface area (TPSA) is 76.8 Å². The number of hydrogen-bond acceptors (Lipinski definition) is 5. The molecular formula is C14H17N3O3. The van der Waals surface area contributed by atoms with Crippen molar-refractivity contribution in [3.8, 4) is 17.6 Å². The van der Waals surface area contributed by atoms with Crippen LogP contribution in [0.2, 0.25) is 0 Å². The van der Waals surface area contributed by atoms with E-state index in [1.807, 2.05) is 4.90 Å². The predicted molar refractivity (Wildman–Crippen MR) is 72.6 cm³/mol. The molecule has 0 radical (unpaired) electrons.